The van der Waals surface area contributed by atoms with Gasteiger partial charge in [0.2, 0.25) is 5.91 Å². The first-order chi connectivity index (χ1) is 13.1. The Bertz CT molecular complexity index is 826. The minimum atomic E-state index is 0.0787. The Labute approximate surface area is 161 Å². The molecular formula is C23H28N2O2. The van der Waals surface area contributed by atoms with Gasteiger partial charge < -0.3 is 9.80 Å². The lowest BCUT2D eigenvalue weighted by Crippen LogP contribution is -2.46. The average molecular weight is 364 g/mol. The minimum Gasteiger partial charge on any atom is -0.342 e. The molecule has 0 atom stereocenters. The number of hydrogen-bond acceptors (Lipinski definition) is 2. The molecule has 4 nitrogen and oxygen atoms in total. The highest BCUT2D eigenvalue weighted by Crippen LogP contribution is 2.26. The number of likely N-dealkylation sites (tertiary alicyclic amines) is 2. The van der Waals surface area contributed by atoms with E-state index in [4.69, 9.17) is 0 Å². The van der Waals surface area contributed by atoms with Crippen LogP contribution < -0.4 is 0 Å². The highest BCUT2D eigenvalue weighted by molar-refractivity contribution is 6.07. The van der Waals surface area contributed by atoms with Crippen LogP contribution in [0.4, 0.5) is 0 Å². The van der Waals surface area contributed by atoms with Crippen molar-refractivity contribution in [2.45, 2.75) is 32.6 Å². The van der Waals surface area contributed by atoms with E-state index in [1.54, 1.807) is 0 Å². The molecule has 4 heteroatoms. The molecule has 2 aliphatic heterocycles. The van der Waals surface area contributed by atoms with Crippen molar-refractivity contribution < 1.29 is 9.59 Å². The summed E-state index contributed by atoms with van der Waals surface area (Å²) in [6.45, 7) is 5.40. The number of piperidine rings is 2. The fraction of sp³-hybridized carbons (Fsp3) is 0.478. The Balaban J connectivity index is 1.40. The van der Waals surface area contributed by atoms with Gasteiger partial charge in [0, 0.05) is 37.7 Å². The Morgan fingerprint density at radius 3 is 2.19 bits per heavy atom. The van der Waals surface area contributed by atoms with Crippen molar-refractivity contribution in [2.24, 2.45) is 11.8 Å². The minimum absolute atomic E-state index is 0.0787. The molecule has 0 unspecified atom stereocenters. The van der Waals surface area contributed by atoms with Crippen molar-refractivity contribution in [1.29, 1.82) is 0 Å². The molecule has 27 heavy (non-hydrogen) atoms. The number of carbonyl (C=O) groups is 2. The van der Waals surface area contributed by atoms with E-state index in [0.29, 0.717) is 19.0 Å². The highest BCUT2D eigenvalue weighted by atomic mass is 16.2. The number of nitrogens with zero attached hydrogens (tertiary/aromatic N) is 2. The standard InChI is InChI=1S/C23H28N2O2/c1-17-9-13-24(14-10-17)22(26)19-11-15-25(16-12-19)23(27)21-8-4-6-18-5-2-3-7-20(18)21/h2-8,17,19H,9-16H2,1H3. The molecule has 2 aromatic rings. The number of fused-ring (bicyclic) bond motifs is 1. The SMILES string of the molecule is CC1CCN(C(=O)C2CCN(C(=O)c3cccc4ccccc34)CC2)CC1. The number of hydrogen-bond donors (Lipinski definition) is 0. The van der Waals surface area contributed by atoms with Crippen LogP contribution in [0.1, 0.15) is 43.0 Å². The van der Waals surface area contributed by atoms with Crippen molar-refractivity contribution in [3.63, 3.8) is 0 Å². The van der Waals surface area contributed by atoms with Crippen LogP contribution in [0, 0.1) is 11.8 Å². The second-order valence-corrected chi connectivity index (χ2v) is 8.10. The van der Waals surface area contributed by atoms with E-state index in [0.717, 1.165) is 61.0 Å². The van der Waals surface area contributed by atoms with Crippen LogP contribution in [0.25, 0.3) is 10.8 Å². The smallest absolute Gasteiger partial charge is 0.254 e. The molecule has 0 saturated carbocycles. The summed E-state index contributed by atoms with van der Waals surface area (Å²) in [4.78, 5) is 29.8. The lowest BCUT2D eigenvalue weighted by Gasteiger charge is -2.36. The molecule has 2 saturated heterocycles. The largest absolute Gasteiger partial charge is 0.342 e. The second kappa shape index (κ2) is 7.71. The van der Waals surface area contributed by atoms with E-state index < -0.39 is 0 Å². The molecule has 0 N–H and O–H groups in total. The van der Waals surface area contributed by atoms with Crippen LogP contribution in [-0.4, -0.2) is 47.8 Å². The van der Waals surface area contributed by atoms with E-state index in [-0.39, 0.29) is 11.8 Å². The molecule has 2 aromatic carbocycles. The van der Waals surface area contributed by atoms with Crippen LogP contribution in [-0.2, 0) is 4.79 Å². The van der Waals surface area contributed by atoms with Gasteiger partial charge in [0.1, 0.15) is 0 Å². The Morgan fingerprint density at radius 2 is 1.44 bits per heavy atom. The van der Waals surface area contributed by atoms with Gasteiger partial charge in [-0.15, -0.1) is 0 Å². The van der Waals surface area contributed by atoms with Gasteiger partial charge in [0.15, 0.2) is 0 Å². The maximum Gasteiger partial charge on any atom is 0.254 e. The summed E-state index contributed by atoms with van der Waals surface area (Å²) >= 11 is 0. The first-order valence-electron chi connectivity index (χ1n) is 10.2. The van der Waals surface area contributed by atoms with Crippen LogP contribution in [0.5, 0.6) is 0 Å². The Hall–Kier alpha value is -2.36. The quantitative estimate of drug-likeness (QED) is 0.809. The first-order valence-corrected chi connectivity index (χ1v) is 10.2. The number of carbonyl (C=O) groups excluding carboxylic acids is 2. The zero-order valence-corrected chi connectivity index (χ0v) is 16.1. The molecule has 2 aliphatic rings. The van der Waals surface area contributed by atoms with Crippen LogP contribution in [0.15, 0.2) is 42.5 Å². The highest BCUT2D eigenvalue weighted by Gasteiger charge is 2.32. The lowest BCUT2D eigenvalue weighted by atomic mass is 9.92. The molecule has 2 fully saturated rings. The van der Waals surface area contributed by atoms with Crippen LogP contribution >= 0.6 is 0 Å². The predicted octanol–water partition coefficient (Wildman–Crippen LogP) is 3.95. The number of benzene rings is 2. The normalized spacial score (nSPS) is 19.4. The summed E-state index contributed by atoms with van der Waals surface area (Å²) in [6, 6.07) is 13.9. The molecular weight excluding hydrogens is 336 g/mol. The summed E-state index contributed by atoms with van der Waals surface area (Å²) in [6.07, 6.45) is 3.79. The fourth-order valence-electron chi connectivity index (χ4n) is 4.40. The maximum absolute atomic E-state index is 13.1. The Kier molecular flexibility index (Phi) is 5.15. The zero-order valence-electron chi connectivity index (χ0n) is 16.1. The molecule has 0 spiro atoms. The number of amides is 2. The third kappa shape index (κ3) is 3.71. The second-order valence-electron chi connectivity index (χ2n) is 8.10. The summed E-state index contributed by atoms with van der Waals surface area (Å²) in [5.74, 6) is 1.20. The summed E-state index contributed by atoms with van der Waals surface area (Å²) in [5.41, 5.74) is 0.767. The number of rotatable bonds is 2. The fourth-order valence-corrected chi connectivity index (χ4v) is 4.40. The molecule has 142 valence electrons. The molecule has 2 heterocycles. The van der Waals surface area contributed by atoms with E-state index in [9.17, 15) is 9.59 Å². The van der Waals surface area contributed by atoms with Crippen LogP contribution in [0.2, 0.25) is 0 Å². The van der Waals surface area contributed by atoms with Crippen molar-refractivity contribution >= 4 is 22.6 Å². The molecule has 4 rings (SSSR count). The predicted molar refractivity (Wildman–Crippen MR) is 108 cm³/mol. The van der Waals surface area contributed by atoms with Gasteiger partial charge >= 0.3 is 0 Å². The van der Waals surface area contributed by atoms with Crippen molar-refractivity contribution in [2.75, 3.05) is 26.2 Å². The van der Waals surface area contributed by atoms with E-state index in [2.05, 4.69) is 6.92 Å². The average Bonchev–Trinajstić information content (AvgIpc) is 2.73. The summed E-state index contributed by atoms with van der Waals surface area (Å²) in [5, 5.41) is 2.10. The monoisotopic (exact) mass is 364 g/mol. The Morgan fingerprint density at radius 1 is 0.815 bits per heavy atom. The van der Waals surface area contributed by atoms with Gasteiger partial charge in [-0.1, -0.05) is 43.3 Å². The van der Waals surface area contributed by atoms with E-state index in [1.807, 2.05) is 52.3 Å². The molecule has 0 aliphatic carbocycles. The van der Waals surface area contributed by atoms with Gasteiger partial charge in [-0.05, 0) is 48.4 Å². The maximum atomic E-state index is 13.1. The zero-order chi connectivity index (χ0) is 18.8. The van der Waals surface area contributed by atoms with Gasteiger partial charge in [-0.2, -0.15) is 0 Å². The first kappa shape index (κ1) is 18.0. The molecule has 2 amide bonds. The third-order valence-electron chi connectivity index (χ3n) is 6.25. The van der Waals surface area contributed by atoms with Crippen molar-refractivity contribution in [3.8, 4) is 0 Å². The van der Waals surface area contributed by atoms with E-state index in [1.165, 1.54) is 0 Å². The lowest BCUT2D eigenvalue weighted by molar-refractivity contribution is -0.138. The summed E-state index contributed by atoms with van der Waals surface area (Å²) < 4.78 is 0. The van der Waals surface area contributed by atoms with Gasteiger partial charge in [-0.25, -0.2) is 0 Å². The topological polar surface area (TPSA) is 40.6 Å². The van der Waals surface area contributed by atoms with Gasteiger partial charge in [0.05, 0.1) is 0 Å². The molecule has 0 aromatic heterocycles. The summed E-state index contributed by atoms with van der Waals surface area (Å²) in [7, 11) is 0. The van der Waals surface area contributed by atoms with E-state index >= 15 is 0 Å². The molecule has 0 radical (unpaired) electrons. The van der Waals surface area contributed by atoms with Crippen molar-refractivity contribution in [3.05, 3.63) is 48.0 Å². The van der Waals surface area contributed by atoms with Gasteiger partial charge in [-0.3, -0.25) is 9.59 Å². The third-order valence-corrected chi connectivity index (χ3v) is 6.25. The van der Waals surface area contributed by atoms with Gasteiger partial charge in [0.25, 0.3) is 5.91 Å². The van der Waals surface area contributed by atoms with Crippen LogP contribution in [0.3, 0.4) is 0 Å². The van der Waals surface area contributed by atoms with Crippen molar-refractivity contribution in [1.82, 2.24) is 9.80 Å². The molecule has 0 bridgehead atoms.